The van der Waals surface area contributed by atoms with Gasteiger partial charge in [0.1, 0.15) is 21.8 Å². The van der Waals surface area contributed by atoms with Gasteiger partial charge in [0.05, 0.1) is 4.91 Å². The minimum absolute atomic E-state index is 0.117. The molecule has 0 N–H and O–H groups in total. The lowest BCUT2D eigenvalue weighted by atomic mass is 10.0. The monoisotopic (exact) mass is 507 g/mol. The fourth-order valence-corrected chi connectivity index (χ4v) is 5.93. The van der Waals surface area contributed by atoms with Crippen molar-refractivity contribution in [3.05, 3.63) is 62.3 Å². The zero-order valence-corrected chi connectivity index (χ0v) is 21.9. The summed E-state index contributed by atoms with van der Waals surface area (Å²) in [4.78, 5) is 33.0. The maximum Gasteiger partial charge on any atom is 0.270 e. The van der Waals surface area contributed by atoms with E-state index in [2.05, 4.69) is 28.0 Å². The predicted molar refractivity (Wildman–Crippen MR) is 147 cm³/mol. The van der Waals surface area contributed by atoms with Crippen molar-refractivity contribution >= 4 is 51.8 Å². The van der Waals surface area contributed by atoms with Crippen LogP contribution in [0.15, 0.2) is 40.0 Å². The number of aromatic nitrogens is 1. The number of nitrogens with zero attached hydrogens (tertiary/aromatic N) is 5. The van der Waals surface area contributed by atoms with Crippen LogP contribution in [-0.4, -0.2) is 52.4 Å². The molecule has 0 atom stereocenters. The molecule has 3 heterocycles. The number of para-hydroxylation sites is 1. The van der Waals surface area contributed by atoms with Crippen LogP contribution < -0.4 is 15.4 Å². The van der Waals surface area contributed by atoms with Gasteiger partial charge >= 0.3 is 0 Å². The van der Waals surface area contributed by atoms with Crippen LogP contribution in [0.4, 0.5) is 11.5 Å². The van der Waals surface area contributed by atoms with E-state index in [0.29, 0.717) is 27.9 Å². The van der Waals surface area contributed by atoms with Crippen LogP contribution in [-0.2, 0) is 11.3 Å². The summed E-state index contributed by atoms with van der Waals surface area (Å²) in [6.45, 7) is 9.77. The summed E-state index contributed by atoms with van der Waals surface area (Å²) in [6, 6.07) is 12.4. The molecule has 0 radical (unpaired) electrons. The molecule has 2 aromatic rings. The number of benzene rings is 1. The van der Waals surface area contributed by atoms with Gasteiger partial charge in [-0.3, -0.25) is 19.1 Å². The number of amides is 1. The molecule has 9 heteroatoms. The van der Waals surface area contributed by atoms with Crippen molar-refractivity contribution in [1.29, 1.82) is 5.26 Å². The fourth-order valence-electron chi connectivity index (χ4n) is 4.64. The molecule has 35 heavy (non-hydrogen) atoms. The van der Waals surface area contributed by atoms with Crippen LogP contribution in [0, 0.1) is 18.3 Å². The fraction of sp³-hybridized carbons (Fsp3) is 0.385. The second-order valence-electron chi connectivity index (χ2n) is 8.54. The highest BCUT2D eigenvalue weighted by Crippen LogP contribution is 2.36. The maximum absolute atomic E-state index is 13.2. The molecule has 0 unspecified atom stereocenters. The van der Waals surface area contributed by atoms with E-state index in [1.54, 1.807) is 16.4 Å². The van der Waals surface area contributed by atoms with E-state index in [-0.39, 0.29) is 17.0 Å². The van der Waals surface area contributed by atoms with E-state index >= 15 is 0 Å². The highest BCUT2D eigenvalue weighted by Gasteiger charge is 2.33. The second-order valence-corrected chi connectivity index (χ2v) is 10.2. The van der Waals surface area contributed by atoms with Crippen LogP contribution in [0.3, 0.4) is 0 Å². The van der Waals surface area contributed by atoms with Crippen LogP contribution in [0.5, 0.6) is 0 Å². The number of hydrogen-bond acceptors (Lipinski definition) is 7. The average molecular weight is 508 g/mol. The van der Waals surface area contributed by atoms with E-state index in [1.807, 2.05) is 38.1 Å². The van der Waals surface area contributed by atoms with Crippen LogP contribution in [0.25, 0.3) is 6.08 Å². The molecule has 2 aliphatic heterocycles. The molecule has 2 aliphatic rings. The van der Waals surface area contributed by atoms with Crippen molar-refractivity contribution in [3.63, 3.8) is 0 Å². The lowest BCUT2D eigenvalue weighted by Gasteiger charge is -2.39. The zero-order chi connectivity index (χ0) is 25.1. The molecule has 0 saturated carbocycles. The molecule has 1 amide bonds. The van der Waals surface area contributed by atoms with Gasteiger partial charge in [0, 0.05) is 50.5 Å². The highest BCUT2D eigenvalue weighted by atomic mass is 32.2. The Balaban J connectivity index is 1.77. The van der Waals surface area contributed by atoms with E-state index in [4.69, 9.17) is 12.2 Å². The van der Waals surface area contributed by atoms with Gasteiger partial charge in [-0.05, 0) is 44.0 Å². The number of carbonyl (C=O) groups is 1. The topological polar surface area (TPSA) is 72.6 Å². The molecule has 2 saturated heterocycles. The van der Waals surface area contributed by atoms with Crippen LogP contribution in [0.2, 0.25) is 0 Å². The lowest BCUT2D eigenvalue weighted by Crippen LogP contribution is -2.48. The standard InChI is InChI=1S/C26H29N5O2S2/c1-4-11-31-25(33)22(35-26(31)34)16-20-18(3)21(17-27)24(32)30(5-2)23(20)29-14-12-28(13-15-29)19-9-7-6-8-10-19/h6-10,16H,4-5,11-15H2,1-3H3/b22-16+. The van der Waals surface area contributed by atoms with Gasteiger partial charge in [0.15, 0.2) is 0 Å². The Kier molecular flexibility index (Phi) is 7.63. The quantitative estimate of drug-likeness (QED) is 0.432. The molecule has 1 aromatic heterocycles. The molecule has 0 spiro atoms. The molecule has 1 aromatic carbocycles. The van der Waals surface area contributed by atoms with Crippen molar-refractivity contribution in [2.45, 2.75) is 33.7 Å². The first kappa shape index (κ1) is 25.0. The molecular weight excluding hydrogens is 478 g/mol. The van der Waals surface area contributed by atoms with Crippen LogP contribution >= 0.6 is 24.0 Å². The molecule has 7 nitrogen and oxygen atoms in total. The van der Waals surface area contributed by atoms with E-state index < -0.39 is 0 Å². The molecule has 0 bridgehead atoms. The normalized spacial score (nSPS) is 17.4. The van der Waals surface area contributed by atoms with E-state index in [9.17, 15) is 14.9 Å². The number of thioether (sulfide) groups is 1. The SMILES string of the molecule is CCCN1C(=O)/C(=C\c2c(C)c(C#N)c(=O)n(CC)c2N2CCN(c3ccccc3)CC2)SC1=S. The number of thiocarbonyl (C=S) groups is 1. The third kappa shape index (κ3) is 4.73. The Morgan fingerprint density at radius 3 is 2.34 bits per heavy atom. The van der Waals surface area contributed by atoms with E-state index in [1.165, 1.54) is 17.4 Å². The summed E-state index contributed by atoms with van der Waals surface area (Å²) in [5.74, 6) is 0.649. The molecule has 182 valence electrons. The summed E-state index contributed by atoms with van der Waals surface area (Å²) < 4.78 is 2.21. The summed E-state index contributed by atoms with van der Waals surface area (Å²) in [5.41, 5.74) is 2.35. The number of carbonyl (C=O) groups excluding carboxylic acids is 1. The Bertz CT molecular complexity index is 1270. The second kappa shape index (κ2) is 10.7. The minimum Gasteiger partial charge on any atom is -0.368 e. The maximum atomic E-state index is 13.2. The third-order valence-corrected chi connectivity index (χ3v) is 7.84. The van der Waals surface area contributed by atoms with Crippen molar-refractivity contribution in [2.75, 3.05) is 42.5 Å². The highest BCUT2D eigenvalue weighted by molar-refractivity contribution is 8.26. The molecule has 2 fully saturated rings. The smallest absolute Gasteiger partial charge is 0.270 e. The molecular formula is C26H29N5O2S2. The first-order chi connectivity index (χ1) is 16.9. The zero-order valence-electron chi connectivity index (χ0n) is 20.3. The molecule has 4 rings (SSSR count). The summed E-state index contributed by atoms with van der Waals surface area (Å²) in [7, 11) is 0. The number of pyridine rings is 1. The minimum atomic E-state index is -0.288. The van der Waals surface area contributed by atoms with Gasteiger partial charge < -0.3 is 9.80 Å². The summed E-state index contributed by atoms with van der Waals surface area (Å²) in [5, 5.41) is 9.77. The van der Waals surface area contributed by atoms with Gasteiger partial charge in [-0.2, -0.15) is 5.26 Å². The van der Waals surface area contributed by atoms with Gasteiger partial charge in [-0.1, -0.05) is 49.1 Å². The van der Waals surface area contributed by atoms with Crippen LogP contribution in [0.1, 0.15) is 37.0 Å². The average Bonchev–Trinajstić information content (AvgIpc) is 3.14. The Morgan fingerprint density at radius 1 is 1.09 bits per heavy atom. The third-order valence-electron chi connectivity index (χ3n) is 6.46. The van der Waals surface area contributed by atoms with Gasteiger partial charge in [-0.15, -0.1) is 0 Å². The van der Waals surface area contributed by atoms with Crippen molar-refractivity contribution in [1.82, 2.24) is 9.47 Å². The van der Waals surface area contributed by atoms with Crippen molar-refractivity contribution < 1.29 is 4.79 Å². The molecule has 0 aliphatic carbocycles. The number of rotatable bonds is 6. The van der Waals surface area contributed by atoms with Crippen molar-refractivity contribution in [3.8, 4) is 6.07 Å². The predicted octanol–water partition coefficient (Wildman–Crippen LogP) is 3.99. The number of nitriles is 1. The van der Waals surface area contributed by atoms with E-state index in [0.717, 1.165) is 44.0 Å². The van der Waals surface area contributed by atoms with Gasteiger partial charge in [-0.25, -0.2) is 0 Å². The lowest BCUT2D eigenvalue weighted by molar-refractivity contribution is -0.122. The number of anilines is 2. The van der Waals surface area contributed by atoms with Gasteiger partial charge in [0.25, 0.3) is 11.5 Å². The Labute approximate surface area is 215 Å². The summed E-state index contributed by atoms with van der Waals surface area (Å²) in [6.07, 6.45) is 2.64. The first-order valence-corrected chi connectivity index (χ1v) is 13.1. The first-order valence-electron chi connectivity index (χ1n) is 11.9. The summed E-state index contributed by atoms with van der Waals surface area (Å²) >= 11 is 6.73. The Hall–Kier alpha value is -3.09. The number of hydrogen-bond donors (Lipinski definition) is 0. The number of piperazine rings is 1. The van der Waals surface area contributed by atoms with Gasteiger partial charge in [0.2, 0.25) is 0 Å². The largest absolute Gasteiger partial charge is 0.368 e. The Morgan fingerprint density at radius 2 is 1.74 bits per heavy atom. The van der Waals surface area contributed by atoms with Crippen molar-refractivity contribution in [2.24, 2.45) is 0 Å².